The van der Waals surface area contributed by atoms with Crippen molar-refractivity contribution in [3.8, 4) is 11.1 Å². The molecule has 0 bridgehead atoms. The van der Waals surface area contributed by atoms with Gasteiger partial charge in [0.25, 0.3) is 0 Å². The average Bonchev–Trinajstić information content (AvgIpc) is 2.59. The van der Waals surface area contributed by atoms with E-state index in [1.54, 1.807) is 0 Å². The molecule has 0 N–H and O–H groups in total. The SMILES string of the molecule is [2H]C([2H])([2H])c1cccc(C([2H])([2H])[2H])c1-c1cc(C(C)(C)C)c(C)c2ccccc12. The van der Waals surface area contributed by atoms with Gasteiger partial charge in [-0.15, -0.1) is 0 Å². The first-order valence-corrected chi connectivity index (χ1v) is 7.90. The van der Waals surface area contributed by atoms with Gasteiger partial charge < -0.3 is 0 Å². The molecule has 0 spiro atoms. The Morgan fingerprint density at radius 2 is 1.43 bits per heavy atom. The second-order valence-electron chi connectivity index (χ2n) is 7.12. The fourth-order valence-corrected chi connectivity index (χ4v) is 3.35. The van der Waals surface area contributed by atoms with Crippen molar-refractivity contribution in [2.75, 3.05) is 0 Å². The van der Waals surface area contributed by atoms with Crippen LogP contribution in [0.15, 0.2) is 48.5 Å². The average molecular weight is 308 g/mol. The highest BCUT2D eigenvalue weighted by Gasteiger charge is 2.21. The number of benzene rings is 3. The van der Waals surface area contributed by atoms with Crippen LogP contribution in [0.25, 0.3) is 21.9 Å². The Hall–Kier alpha value is -2.08. The molecule has 23 heavy (non-hydrogen) atoms. The van der Waals surface area contributed by atoms with Crippen molar-refractivity contribution >= 4 is 10.8 Å². The summed E-state index contributed by atoms with van der Waals surface area (Å²) in [7, 11) is 0. The molecule has 3 rings (SSSR count). The van der Waals surface area contributed by atoms with Crippen LogP contribution in [0.1, 0.15) is 51.2 Å². The molecule has 0 unspecified atom stereocenters. The second kappa shape index (κ2) is 5.53. The van der Waals surface area contributed by atoms with E-state index in [1.807, 2.05) is 30.3 Å². The van der Waals surface area contributed by atoms with Gasteiger partial charge in [-0.2, -0.15) is 0 Å². The summed E-state index contributed by atoms with van der Waals surface area (Å²) < 4.78 is 48.2. The Balaban J connectivity index is 2.57. The second-order valence-corrected chi connectivity index (χ2v) is 7.12. The Labute approximate surface area is 148 Å². The van der Waals surface area contributed by atoms with Crippen LogP contribution in [-0.4, -0.2) is 0 Å². The molecular formula is C23H26. The van der Waals surface area contributed by atoms with Crippen LogP contribution in [0, 0.1) is 20.6 Å². The third-order valence-electron chi connectivity index (χ3n) is 4.46. The van der Waals surface area contributed by atoms with Gasteiger partial charge in [0.2, 0.25) is 0 Å². The molecule has 0 aliphatic rings. The molecule has 0 aliphatic heterocycles. The van der Waals surface area contributed by atoms with Gasteiger partial charge in [-0.05, 0) is 76.3 Å². The number of rotatable bonds is 1. The Bertz CT molecular complexity index is 1030. The van der Waals surface area contributed by atoms with E-state index in [0.717, 1.165) is 21.9 Å². The van der Waals surface area contributed by atoms with Gasteiger partial charge in [-0.3, -0.25) is 0 Å². The molecule has 3 aromatic rings. The molecule has 0 aliphatic carbocycles. The minimum absolute atomic E-state index is 0.0694. The zero-order valence-electron chi connectivity index (χ0n) is 20.1. The third-order valence-corrected chi connectivity index (χ3v) is 4.46. The van der Waals surface area contributed by atoms with Crippen molar-refractivity contribution in [3.05, 3.63) is 70.8 Å². The molecule has 118 valence electrons. The van der Waals surface area contributed by atoms with Gasteiger partial charge in [0.1, 0.15) is 0 Å². The molecule has 0 atom stereocenters. The van der Waals surface area contributed by atoms with Crippen molar-refractivity contribution in [3.63, 3.8) is 0 Å². The summed E-state index contributed by atoms with van der Waals surface area (Å²) in [6.45, 7) is 3.53. The van der Waals surface area contributed by atoms with Crippen LogP contribution in [0.2, 0.25) is 0 Å². The topological polar surface area (TPSA) is 0 Å². The molecule has 0 aromatic heterocycles. The number of hydrogen-bond donors (Lipinski definition) is 0. The first kappa shape index (κ1) is 9.93. The number of hydrogen-bond acceptors (Lipinski definition) is 0. The van der Waals surface area contributed by atoms with Gasteiger partial charge in [0, 0.05) is 8.22 Å². The summed E-state index contributed by atoms with van der Waals surface area (Å²) >= 11 is 0. The quantitative estimate of drug-likeness (QED) is 0.467. The van der Waals surface area contributed by atoms with E-state index in [1.165, 1.54) is 18.2 Å². The van der Waals surface area contributed by atoms with Crippen LogP contribution in [0.3, 0.4) is 0 Å². The van der Waals surface area contributed by atoms with Crippen LogP contribution < -0.4 is 0 Å². The molecular weight excluding hydrogens is 276 g/mol. The van der Waals surface area contributed by atoms with E-state index in [0.29, 0.717) is 11.1 Å². The molecule has 0 nitrogen and oxygen atoms in total. The maximum atomic E-state index is 8.04. The van der Waals surface area contributed by atoms with Gasteiger partial charge >= 0.3 is 0 Å². The van der Waals surface area contributed by atoms with Crippen LogP contribution in [0.4, 0.5) is 0 Å². The molecule has 0 radical (unpaired) electrons. The van der Waals surface area contributed by atoms with Crippen molar-refractivity contribution in [2.45, 2.75) is 46.8 Å². The predicted octanol–water partition coefficient (Wildman–Crippen LogP) is 6.73. The summed E-state index contributed by atoms with van der Waals surface area (Å²) in [6.07, 6.45) is 0. The predicted molar refractivity (Wildman–Crippen MR) is 102 cm³/mol. The van der Waals surface area contributed by atoms with Gasteiger partial charge in [-0.25, -0.2) is 0 Å². The van der Waals surface area contributed by atoms with Crippen molar-refractivity contribution in [1.29, 1.82) is 0 Å². The summed E-state index contributed by atoms with van der Waals surface area (Å²) in [6, 6.07) is 14.3. The lowest BCUT2D eigenvalue weighted by molar-refractivity contribution is 0.587. The van der Waals surface area contributed by atoms with Crippen LogP contribution in [-0.2, 0) is 5.41 Å². The minimum Gasteiger partial charge on any atom is -0.0617 e. The number of fused-ring (bicyclic) bond motifs is 1. The van der Waals surface area contributed by atoms with E-state index in [-0.39, 0.29) is 16.5 Å². The Kier molecular flexibility index (Phi) is 2.38. The minimum atomic E-state index is -2.43. The smallest absolute Gasteiger partial charge is 0.0280 e. The Morgan fingerprint density at radius 3 is 2.00 bits per heavy atom. The molecule has 0 heterocycles. The summed E-state index contributed by atoms with van der Waals surface area (Å²) in [5.41, 5.74) is 3.11. The fraction of sp³-hybridized carbons (Fsp3) is 0.304. The third kappa shape index (κ3) is 2.67. The van der Waals surface area contributed by atoms with E-state index in [9.17, 15) is 0 Å². The highest BCUT2D eigenvalue weighted by Crippen LogP contribution is 2.39. The molecule has 3 aromatic carbocycles. The molecule has 0 fully saturated rings. The maximum Gasteiger partial charge on any atom is 0.0280 e. The highest BCUT2D eigenvalue weighted by molar-refractivity contribution is 6.00. The molecule has 0 saturated carbocycles. The zero-order chi connectivity index (χ0) is 21.8. The summed E-state index contributed by atoms with van der Waals surface area (Å²) in [4.78, 5) is 0. The van der Waals surface area contributed by atoms with Crippen molar-refractivity contribution in [1.82, 2.24) is 0 Å². The largest absolute Gasteiger partial charge is 0.0617 e. The standard InChI is InChI=1S/C23H26/c1-15-10-9-11-16(2)22(15)20-14-21(23(4,5)6)17(3)18-12-7-8-13-19(18)20/h7-14H,1-6H3/i1D3,2D3. The lowest BCUT2D eigenvalue weighted by Crippen LogP contribution is -2.13. The van der Waals surface area contributed by atoms with Gasteiger partial charge in [0.05, 0.1) is 0 Å². The van der Waals surface area contributed by atoms with E-state index in [2.05, 4.69) is 27.7 Å². The van der Waals surface area contributed by atoms with Gasteiger partial charge in [0.15, 0.2) is 0 Å². The van der Waals surface area contributed by atoms with E-state index >= 15 is 0 Å². The molecule has 0 amide bonds. The van der Waals surface area contributed by atoms with E-state index < -0.39 is 13.7 Å². The highest BCUT2D eigenvalue weighted by atomic mass is 14.2. The van der Waals surface area contributed by atoms with E-state index in [4.69, 9.17) is 8.22 Å². The lowest BCUT2D eigenvalue weighted by Gasteiger charge is -2.25. The Morgan fingerprint density at radius 1 is 0.826 bits per heavy atom. The number of aryl methyl sites for hydroxylation is 3. The van der Waals surface area contributed by atoms with Crippen LogP contribution >= 0.6 is 0 Å². The monoisotopic (exact) mass is 308 g/mol. The summed E-state index contributed by atoms with van der Waals surface area (Å²) in [5, 5.41) is 1.87. The normalized spacial score (nSPS) is 16.9. The van der Waals surface area contributed by atoms with Gasteiger partial charge in [-0.1, -0.05) is 63.2 Å². The van der Waals surface area contributed by atoms with Crippen molar-refractivity contribution < 1.29 is 8.22 Å². The maximum absolute atomic E-state index is 8.04. The van der Waals surface area contributed by atoms with Crippen molar-refractivity contribution in [2.24, 2.45) is 0 Å². The fourth-order valence-electron chi connectivity index (χ4n) is 3.35. The zero-order valence-corrected chi connectivity index (χ0v) is 14.1. The summed E-state index contributed by atoms with van der Waals surface area (Å²) in [5.74, 6) is 0. The molecule has 0 heteroatoms. The first-order valence-electron chi connectivity index (χ1n) is 10.9. The lowest BCUT2D eigenvalue weighted by atomic mass is 9.79. The first-order chi connectivity index (χ1) is 13.2. The molecule has 0 saturated heterocycles. The van der Waals surface area contributed by atoms with Crippen LogP contribution in [0.5, 0.6) is 0 Å².